The molecule has 28 heavy (non-hydrogen) atoms. The maximum absolute atomic E-state index is 12.4. The minimum Gasteiger partial charge on any atom is -0.425 e. The molecule has 2 aromatic carbocycles. The van der Waals surface area contributed by atoms with Crippen LogP contribution in [0, 0.1) is 22.7 Å². The number of imide groups is 1. The van der Waals surface area contributed by atoms with Gasteiger partial charge < -0.3 is 4.74 Å². The number of fused-ring (bicyclic) bond motifs is 1. The zero-order valence-electron chi connectivity index (χ0n) is 14.7. The van der Waals surface area contributed by atoms with E-state index >= 15 is 0 Å². The summed E-state index contributed by atoms with van der Waals surface area (Å²) in [6.45, 7) is 1.42. The fourth-order valence-electron chi connectivity index (χ4n) is 2.75. The Morgan fingerprint density at radius 3 is 2.04 bits per heavy atom. The van der Waals surface area contributed by atoms with Crippen molar-refractivity contribution in [2.24, 2.45) is 0 Å². The summed E-state index contributed by atoms with van der Waals surface area (Å²) in [6.07, 6.45) is 1.40. The second-order valence-corrected chi connectivity index (χ2v) is 5.97. The lowest BCUT2D eigenvalue weighted by Crippen LogP contribution is -2.44. The third-order valence-electron chi connectivity index (χ3n) is 4.20. The minimum atomic E-state index is -1.10. The number of nitriles is 2. The van der Waals surface area contributed by atoms with E-state index in [1.54, 1.807) is 36.4 Å². The van der Waals surface area contributed by atoms with E-state index in [2.05, 4.69) is 0 Å². The van der Waals surface area contributed by atoms with Crippen molar-refractivity contribution < 1.29 is 19.1 Å². The van der Waals surface area contributed by atoms with Gasteiger partial charge in [-0.05, 0) is 42.8 Å². The molecule has 1 aliphatic heterocycles. The molecule has 1 atom stereocenters. The fourth-order valence-corrected chi connectivity index (χ4v) is 2.75. The summed E-state index contributed by atoms with van der Waals surface area (Å²) in [7, 11) is 0. The molecule has 3 rings (SSSR count). The molecule has 0 saturated heterocycles. The van der Waals surface area contributed by atoms with E-state index in [0.717, 1.165) is 4.90 Å². The lowest BCUT2D eigenvalue weighted by atomic mass is 10.1. The second kappa shape index (κ2) is 7.56. The molecule has 2 aromatic rings. The maximum atomic E-state index is 12.4. The highest BCUT2D eigenvalue weighted by Gasteiger charge is 2.41. The summed E-state index contributed by atoms with van der Waals surface area (Å²) in [5.74, 6) is -1.62. The summed E-state index contributed by atoms with van der Waals surface area (Å²) in [5, 5.41) is 17.5. The molecule has 7 heteroatoms. The van der Waals surface area contributed by atoms with Crippen molar-refractivity contribution in [1.29, 1.82) is 10.5 Å². The molecule has 136 valence electrons. The van der Waals surface area contributed by atoms with Gasteiger partial charge >= 0.3 is 5.97 Å². The topological polar surface area (TPSA) is 111 Å². The predicted octanol–water partition coefficient (Wildman–Crippen LogP) is 2.71. The largest absolute Gasteiger partial charge is 0.425 e. The molecule has 0 fully saturated rings. The van der Waals surface area contributed by atoms with Crippen LogP contribution in [-0.4, -0.2) is 28.7 Å². The number of carbonyl (C=O) groups excluding carboxylic acids is 3. The number of allylic oxidation sites excluding steroid dienone is 1. The first-order chi connectivity index (χ1) is 13.5. The Hall–Kier alpha value is -4.23. The number of hydrogen-bond donors (Lipinski definition) is 0. The highest BCUT2D eigenvalue weighted by molar-refractivity contribution is 6.22. The van der Waals surface area contributed by atoms with E-state index in [9.17, 15) is 14.4 Å². The Kier molecular flexibility index (Phi) is 5.01. The Bertz CT molecular complexity index is 1040. The van der Waals surface area contributed by atoms with Crippen molar-refractivity contribution in [3.05, 3.63) is 70.8 Å². The van der Waals surface area contributed by atoms with Crippen molar-refractivity contribution >= 4 is 23.9 Å². The first-order valence-corrected chi connectivity index (χ1v) is 8.27. The molecule has 0 N–H and O–H groups in total. The van der Waals surface area contributed by atoms with Gasteiger partial charge in [0, 0.05) is 0 Å². The van der Waals surface area contributed by atoms with Gasteiger partial charge in [0.05, 0.1) is 11.1 Å². The highest BCUT2D eigenvalue weighted by Crippen LogP contribution is 2.25. The number of carbonyl (C=O) groups is 3. The van der Waals surface area contributed by atoms with Crippen LogP contribution in [0.1, 0.15) is 33.2 Å². The molecule has 0 aliphatic carbocycles. The maximum Gasteiger partial charge on any atom is 0.334 e. The van der Waals surface area contributed by atoms with Crippen molar-refractivity contribution in [3.63, 3.8) is 0 Å². The van der Waals surface area contributed by atoms with E-state index in [4.69, 9.17) is 15.3 Å². The molecule has 0 saturated carbocycles. The van der Waals surface area contributed by atoms with Crippen LogP contribution >= 0.6 is 0 Å². The molecule has 1 unspecified atom stereocenters. The average molecular weight is 371 g/mol. The third-order valence-corrected chi connectivity index (χ3v) is 4.20. The summed E-state index contributed by atoms with van der Waals surface area (Å²) >= 11 is 0. The molecule has 1 heterocycles. The Labute approximate surface area is 160 Å². The molecule has 7 nitrogen and oxygen atoms in total. The van der Waals surface area contributed by atoms with Gasteiger partial charge in [-0.1, -0.05) is 24.3 Å². The van der Waals surface area contributed by atoms with E-state index in [1.165, 1.54) is 37.3 Å². The van der Waals surface area contributed by atoms with Crippen molar-refractivity contribution in [3.8, 4) is 17.9 Å². The summed E-state index contributed by atoms with van der Waals surface area (Å²) < 4.78 is 5.26. The van der Waals surface area contributed by atoms with E-state index in [1.807, 2.05) is 0 Å². The minimum absolute atomic E-state index is 0.0519. The number of hydrogen-bond acceptors (Lipinski definition) is 6. The number of rotatable bonds is 4. The molecule has 0 bridgehead atoms. The molecule has 0 spiro atoms. The van der Waals surface area contributed by atoms with E-state index < -0.39 is 23.8 Å². The van der Waals surface area contributed by atoms with Crippen LogP contribution in [0.15, 0.2) is 54.1 Å². The number of benzene rings is 2. The van der Waals surface area contributed by atoms with Crippen LogP contribution in [0.2, 0.25) is 0 Å². The van der Waals surface area contributed by atoms with Gasteiger partial charge in [0.2, 0.25) is 0 Å². The van der Waals surface area contributed by atoms with Crippen LogP contribution in [-0.2, 0) is 4.79 Å². The van der Waals surface area contributed by atoms with Crippen molar-refractivity contribution in [1.82, 2.24) is 4.90 Å². The predicted molar refractivity (Wildman–Crippen MR) is 97.7 cm³/mol. The molecule has 0 aromatic heterocycles. The zero-order chi connectivity index (χ0) is 20.3. The summed E-state index contributed by atoms with van der Waals surface area (Å²) in [5.41, 5.74) is 1.05. The first kappa shape index (κ1) is 18.6. The molecular formula is C21H13N3O4. The molecule has 2 amide bonds. The fraction of sp³-hybridized carbons (Fsp3) is 0.0952. The van der Waals surface area contributed by atoms with Gasteiger partial charge in [-0.3, -0.25) is 14.5 Å². The van der Waals surface area contributed by atoms with Crippen LogP contribution in [0.3, 0.4) is 0 Å². The van der Waals surface area contributed by atoms with Gasteiger partial charge in [-0.15, -0.1) is 0 Å². The lowest BCUT2D eigenvalue weighted by Gasteiger charge is -2.20. The van der Waals surface area contributed by atoms with E-state index in [0.29, 0.717) is 5.56 Å². The Morgan fingerprint density at radius 2 is 1.54 bits per heavy atom. The standard InChI is InChI=1S/C21H13N3O4/c1-13(24-19(25)17-4-2-3-5-18(17)20(24)26)21(27)28-16-8-6-14(7-9-16)10-15(11-22)12-23/h2-10,13H,1H3. The lowest BCUT2D eigenvalue weighted by molar-refractivity contribution is -0.138. The molecule has 0 radical (unpaired) electrons. The van der Waals surface area contributed by atoms with Gasteiger partial charge in [-0.2, -0.15) is 10.5 Å². The first-order valence-electron chi connectivity index (χ1n) is 8.27. The third kappa shape index (κ3) is 3.37. The second-order valence-electron chi connectivity index (χ2n) is 5.97. The van der Waals surface area contributed by atoms with Crippen LogP contribution < -0.4 is 4.74 Å². The van der Waals surface area contributed by atoms with Gasteiger partial charge in [0.15, 0.2) is 0 Å². The van der Waals surface area contributed by atoms with Crippen molar-refractivity contribution in [2.75, 3.05) is 0 Å². The van der Waals surface area contributed by atoms with Crippen LogP contribution in [0.25, 0.3) is 6.08 Å². The normalized spacial score (nSPS) is 13.2. The summed E-state index contributed by atoms with van der Waals surface area (Å²) in [4.78, 5) is 38.2. The quantitative estimate of drug-likeness (QED) is 0.354. The number of esters is 1. The number of nitrogens with zero attached hydrogens (tertiary/aromatic N) is 3. The van der Waals surface area contributed by atoms with Crippen LogP contribution in [0.5, 0.6) is 5.75 Å². The van der Waals surface area contributed by atoms with Crippen LogP contribution in [0.4, 0.5) is 0 Å². The van der Waals surface area contributed by atoms with Crippen molar-refractivity contribution in [2.45, 2.75) is 13.0 Å². The smallest absolute Gasteiger partial charge is 0.334 e. The molecular weight excluding hydrogens is 358 g/mol. The monoisotopic (exact) mass is 371 g/mol. The van der Waals surface area contributed by atoms with E-state index in [-0.39, 0.29) is 22.4 Å². The number of ether oxygens (including phenoxy) is 1. The molecule has 1 aliphatic rings. The number of amides is 2. The van der Waals surface area contributed by atoms with Gasteiger partial charge in [0.1, 0.15) is 29.5 Å². The summed E-state index contributed by atoms with van der Waals surface area (Å²) in [6, 6.07) is 14.9. The highest BCUT2D eigenvalue weighted by atomic mass is 16.5. The van der Waals surface area contributed by atoms with Gasteiger partial charge in [0.25, 0.3) is 11.8 Å². The SMILES string of the molecule is CC(C(=O)Oc1ccc(C=C(C#N)C#N)cc1)N1C(=O)c2ccccc2C1=O. The zero-order valence-corrected chi connectivity index (χ0v) is 14.7. The van der Waals surface area contributed by atoms with Gasteiger partial charge in [-0.25, -0.2) is 4.79 Å². The Balaban J connectivity index is 1.73. The average Bonchev–Trinajstić information content (AvgIpc) is 2.97. The Morgan fingerprint density at radius 1 is 1.00 bits per heavy atom.